The second kappa shape index (κ2) is 14.4. The maximum absolute atomic E-state index is 4.25. The smallest absolute Gasteiger partial charge is 0.0351 e. The van der Waals surface area contributed by atoms with Crippen molar-refractivity contribution in [2.75, 3.05) is 34.4 Å². The Morgan fingerprint density at radius 2 is 1.92 bits per heavy atom. The lowest BCUT2D eigenvalue weighted by molar-refractivity contribution is 0.277. The van der Waals surface area contributed by atoms with Crippen LogP contribution in [0.1, 0.15) is 26.7 Å². The van der Waals surface area contributed by atoms with Crippen molar-refractivity contribution in [1.82, 2.24) is 10.6 Å². The van der Waals surface area contributed by atoms with Gasteiger partial charge in [0.2, 0.25) is 0 Å². The normalized spacial score (nSPS) is 19.6. The lowest BCUT2D eigenvalue weighted by atomic mass is 10.2. The van der Waals surface area contributed by atoms with E-state index in [2.05, 4.69) is 15.4 Å². The molecule has 0 bridgehead atoms. The molecule has 0 aromatic rings. The monoisotopic (exact) mass is 190 g/mol. The van der Waals surface area contributed by atoms with Crippen LogP contribution in [0.2, 0.25) is 0 Å². The molecule has 13 heavy (non-hydrogen) atoms. The van der Waals surface area contributed by atoms with E-state index in [4.69, 9.17) is 0 Å². The summed E-state index contributed by atoms with van der Waals surface area (Å²) in [6.07, 6.45) is 2.70. The Morgan fingerprint density at radius 3 is 2.23 bits per heavy atom. The van der Waals surface area contributed by atoms with E-state index in [-0.39, 0.29) is 0 Å². The van der Waals surface area contributed by atoms with Gasteiger partial charge in [-0.3, -0.25) is 0 Å². The summed E-state index contributed by atoms with van der Waals surface area (Å²) >= 11 is 0. The maximum atomic E-state index is 4.25. The summed E-state index contributed by atoms with van der Waals surface area (Å²) in [5.41, 5.74) is 0. The molecule has 82 valence electrons. The summed E-state index contributed by atoms with van der Waals surface area (Å²) in [6, 6.07) is 0.750. The number of nitrogens with one attached hydrogen (secondary N) is 2. The van der Waals surface area contributed by atoms with Crippen LogP contribution in [0.15, 0.2) is 0 Å². The lowest BCUT2D eigenvalue weighted by Crippen LogP contribution is -2.31. The molecule has 0 aliphatic carbocycles. The molecule has 3 heteroatoms. The summed E-state index contributed by atoms with van der Waals surface area (Å²) in [7, 11) is 5.25. The Hall–Kier alpha value is -0.120. The fourth-order valence-corrected chi connectivity index (χ4v) is 1.18. The van der Waals surface area contributed by atoms with Crippen molar-refractivity contribution >= 4 is 0 Å². The molecule has 1 saturated heterocycles. The lowest BCUT2D eigenvalue weighted by Gasteiger charge is -2.06. The Balaban J connectivity index is 0. The number of methoxy groups -OCH3 is 1. The maximum Gasteiger partial charge on any atom is 0.0351 e. The van der Waals surface area contributed by atoms with Crippen molar-refractivity contribution in [3.63, 3.8) is 0 Å². The van der Waals surface area contributed by atoms with Gasteiger partial charge in [-0.15, -0.1) is 0 Å². The second-order valence-electron chi connectivity index (χ2n) is 2.76. The highest BCUT2D eigenvalue weighted by Gasteiger charge is 2.11. The van der Waals surface area contributed by atoms with Crippen molar-refractivity contribution in [2.45, 2.75) is 32.7 Å². The Kier molecular flexibility index (Phi) is 17.0. The van der Waals surface area contributed by atoms with Gasteiger partial charge in [0.25, 0.3) is 0 Å². The largest absolute Gasteiger partial charge is 0.388 e. The topological polar surface area (TPSA) is 33.3 Å². The summed E-state index contributed by atoms with van der Waals surface area (Å²) in [5.74, 6) is 0. The van der Waals surface area contributed by atoms with Gasteiger partial charge in [0.15, 0.2) is 0 Å². The zero-order valence-corrected chi connectivity index (χ0v) is 9.81. The van der Waals surface area contributed by atoms with Gasteiger partial charge in [-0.2, -0.15) is 0 Å². The molecule has 0 radical (unpaired) electrons. The third kappa shape index (κ3) is 11.9. The van der Waals surface area contributed by atoms with Crippen LogP contribution in [-0.2, 0) is 4.74 Å². The zero-order valence-electron chi connectivity index (χ0n) is 9.81. The summed E-state index contributed by atoms with van der Waals surface area (Å²) in [5, 5.41) is 6.54. The van der Waals surface area contributed by atoms with Gasteiger partial charge in [0.05, 0.1) is 0 Å². The Morgan fingerprint density at radius 1 is 1.38 bits per heavy atom. The molecule has 1 aliphatic rings. The van der Waals surface area contributed by atoms with Crippen LogP contribution in [0.3, 0.4) is 0 Å². The van der Waals surface area contributed by atoms with E-state index in [0.717, 1.165) is 12.6 Å². The number of hydrogen-bond acceptors (Lipinski definition) is 3. The molecule has 0 aromatic carbocycles. The van der Waals surface area contributed by atoms with E-state index in [1.54, 1.807) is 14.2 Å². The first-order valence-corrected chi connectivity index (χ1v) is 5.13. The van der Waals surface area contributed by atoms with E-state index in [1.807, 2.05) is 20.9 Å². The van der Waals surface area contributed by atoms with Crippen molar-refractivity contribution in [3.8, 4) is 0 Å². The molecule has 0 spiro atoms. The van der Waals surface area contributed by atoms with Crippen molar-refractivity contribution in [3.05, 3.63) is 0 Å². The Labute approximate surface area is 83.2 Å². The molecule has 0 aromatic heterocycles. The van der Waals surface area contributed by atoms with E-state index >= 15 is 0 Å². The fourth-order valence-electron chi connectivity index (χ4n) is 1.18. The minimum Gasteiger partial charge on any atom is -0.388 e. The summed E-state index contributed by atoms with van der Waals surface area (Å²) < 4.78 is 4.25. The number of ether oxygens (including phenoxy) is 1. The fraction of sp³-hybridized carbons (Fsp3) is 1.00. The molecule has 2 N–H and O–H groups in total. The van der Waals surface area contributed by atoms with Crippen LogP contribution in [0.25, 0.3) is 0 Å². The molecule has 1 atom stereocenters. The third-order valence-electron chi connectivity index (χ3n) is 1.61. The number of likely N-dealkylation sites (N-methyl/N-ethyl adjacent to an activating group) is 1. The van der Waals surface area contributed by atoms with E-state index < -0.39 is 0 Å². The minimum atomic E-state index is 0.750. The van der Waals surface area contributed by atoms with Gasteiger partial charge in [-0.1, -0.05) is 13.8 Å². The van der Waals surface area contributed by atoms with Crippen LogP contribution in [0.4, 0.5) is 0 Å². The molecule has 1 unspecified atom stereocenters. The van der Waals surface area contributed by atoms with Gasteiger partial charge >= 0.3 is 0 Å². The van der Waals surface area contributed by atoms with Gasteiger partial charge in [-0.25, -0.2) is 0 Å². The van der Waals surface area contributed by atoms with E-state index in [1.165, 1.54) is 19.4 Å². The molecule has 1 fully saturated rings. The van der Waals surface area contributed by atoms with Crippen LogP contribution < -0.4 is 10.6 Å². The molecule has 1 rings (SSSR count). The van der Waals surface area contributed by atoms with Gasteiger partial charge in [0, 0.05) is 26.8 Å². The highest BCUT2D eigenvalue weighted by atomic mass is 16.4. The second-order valence-corrected chi connectivity index (χ2v) is 2.76. The number of rotatable bonds is 2. The van der Waals surface area contributed by atoms with Crippen LogP contribution in [0.5, 0.6) is 0 Å². The Bertz CT molecular complexity index is 73.3. The first-order valence-electron chi connectivity index (χ1n) is 5.13. The molecule has 0 saturated carbocycles. The van der Waals surface area contributed by atoms with Gasteiger partial charge in [0.1, 0.15) is 0 Å². The average Bonchev–Trinajstić information content (AvgIpc) is 2.63. The van der Waals surface area contributed by atoms with Crippen molar-refractivity contribution in [2.24, 2.45) is 0 Å². The van der Waals surface area contributed by atoms with E-state index in [9.17, 15) is 0 Å². The van der Waals surface area contributed by atoms with Crippen LogP contribution in [0, 0.1) is 0 Å². The van der Waals surface area contributed by atoms with Crippen LogP contribution in [-0.4, -0.2) is 40.4 Å². The SMILES string of the molecule is CC.CNCC1CCCN1.COC. The first kappa shape index (κ1) is 15.4. The molecular weight excluding hydrogens is 164 g/mol. The minimum absolute atomic E-state index is 0.750. The van der Waals surface area contributed by atoms with Crippen molar-refractivity contribution < 1.29 is 4.74 Å². The average molecular weight is 190 g/mol. The summed E-state index contributed by atoms with van der Waals surface area (Å²) in [6.45, 7) is 6.34. The van der Waals surface area contributed by atoms with Crippen molar-refractivity contribution in [1.29, 1.82) is 0 Å². The highest BCUT2D eigenvalue weighted by molar-refractivity contribution is 4.74. The third-order valence-corrected chi connectivity index (χ3v) is 1.61. The molecular formula is C10H26N2O. The summed E-state index contributed by atoms with van der Waals surface area (Å²) in [4.78, 5) is 0. The molecule has 0 amide bonds. The highest BCUT2D eigenvalue weighted by Crippen LogP contribution is 2.02. The first-order chi connectivity index (χ1) is 6.35. The van der Waals surface area contributed by atoms with E-state index in [0.29, 0.717) is 0 Å². The van der Waals surface area contributed by atoms with Crippen LogP contribution >= 0.6 is 0 Å². The standard InChI is InChI=1S/C6H14N2.C2H6O.C2H6/c1-7-5-6-3-2-4-8-6;1-3-2;1-2/h6-8H,2-5H2,1H3;1-2H3;1-2H3. The number of hydrogen-bond donors (Lipinski definition) is 2. The molecule has 3 nitrogen and oxygen atoms in total. The predicted molar refractivity (Wildman–Crippen MR) is 59.2 cm³/mol. The quantitative estimate of drug-likeness (QED) is 0.687. The molecule has 1 aliphatic heterocycles. The predicted octanol–water partition coefficient (Wildman–Crippen LogP) is 1.25. The van der Waals surface area contributed by atoms with Gasteiger partial charge in [-0.05, 0) is 26.4 Å². The van der Waals surface area contributed by atoms with Gasteiger partial charge < -0.3 is 15.4 Å². The zero-order chi connectivity index (χ0) is 10.5. The molecule has 1 heterocycles.